The molecule has 0 saturated carbocycles. The number of rotatable bonds is 10. The summed E-state index contributed by atoms with van der Waals surface area (Å²) in [6, 6.07) is 31.7. The van der Waals surface area contributed by atoms with Crippen LogP contribution >= 0.6 is 0 Å². The molecule has 0 amide bonds. The lowest BCUT2D eigenvalue weighted by atomic mass is 9.68. The molecule has 250 valence electrons. The zero-order chi connectivity index (χ0) is 35.0. The first-order valence-electron chi connectivity index (χ1n) is 16.8. The molecule has 0 heterocycles. The van der Waals surface area contributed by atoms with Crippen LogP contribution in [0.1, 0.15) is 92.5 Å². The van der Waals surface area contributed by atoms with E-state index in [1.54, 1.807) is 24.3 Å². The molecule has 48 heavy (non-hydrogen) atoms. The van der Waals surface area contributed by atoms with Crippen LogP contribution in [0, 0.1) is 13.8 Å². The third-order valence-corrected chi connectivity index (χ3v) is 10.3. The van der Waals surface area contributed by atoms with Crippen molar-refractivity contribution in [3.8, 4) is 34.1 Å². The first kappa shape index (κ1) is 34.6. The van der Waals surface area contributed by atoms with E-state index in [-0.39, 0.29) is 16.6 Å². The van der Waals surface area contributed by atoms with Gasteiger partial charge < -0.3 is 20.4 Å². The maximum absolute atomic E-state index is 11.6. The van der Waals surface area contributed by atoms with Crippen LogP contribution in [0.3, 0.4) is 0 Å². The van der Waals surface area contributed by atoms with Crippen LogP contribution in [0.15, 0.2) is 97.1 Å². The summed E-state index contributed by atoms with van der Waals surface area (Å²) >= 11 is 0. The van der Waals surface area contributed by atoms with Gasteiger partial charge in [0.2, 0.25) is 0 Å². The second-order valence-corrected chi connectivity index (χ2v) is 15.3. The van der Waals surface area contributed by atoms with Gasteiger partial charge in [-0.2, -0.15) is 0 Å². The molecular formula is C44H50O4. The lowest BCUT2D eigenvalue weighted by Gasteiger charge is -2.36. The Labute approximate surface area is 286 Å². The van der Waals surface area contributed by atoms with E-state index in [0.29, 0.717) is 23.7 Å². The molecule has 5 aromatic rings. The molecule has 0 fully saturated rings. The Balaban J connectivity index is 1.51. The fourth-order valence-corrected chi connectivity index (χ4v) is 6.87. The van der Waals surface area contributed by atoms with E-state index in [2.05, 4.69) is 77.9 Å². The molecule has 0 aliphatic rings. The lowest BCUT2D eigenvalue weighted by Crippen LogP contribution is -2.29. The number of aromatic hydroxyl groups is 4. The summed E-state index contributed by atoms with van der Waals surface area (Å²) in [4.78, 5) is 0. The smallest absolute Gasteiger partial charge is 0.119 e. The first-order chi connectivity index (χ1) is 22.5. The number of benzene rings is 5. The molecule has 0 bridgehead atoms. The van der Waals surface area contributed by atoms with Crippen molar-refractivity contribution in [2.24, 2.45) is 0 Å². The van der Waals surface area contributed by atoms with Crippen LogP contribution < -0.4 is 0 Å². The van der Waals surface area contributed by atoms with Crippen molar-refractivity contribution in [1.82, 2.24) is 0 Å². The lowest BCUT2D eigenvalue weighted by molar-refractivity contribution is 0.439. The molecule has 0 spiro atoms. The Bertz CT molecular complexity index is 1910. The van der Waals surface area contributed by atoms with Crippen LogP contribution in [0.25, 0.3) is 11.1 Å². The highest BCUT2D eigenvalue weighted by Crippen LogP contribution is 2.44. The van der Waals surface area contributed by atoms with Gasteiger partial charge in [0.25, 0.3) is 0 Å². The van der Waals surface area contributed by atoms with E-state index < -0.39 is 5.41 Å². The van der Waals surface area contributed by atoms with Crippen molar-refractivity contribution in [3.05, 3.63) is 142 Å². The Hall–Kier alpha value is -4.70. The van der Waals surface area contributed by atoms with Gasteiger partial charge in [-0.25, -0.2) is 0 Å². The summed E-state index contributed by atoms with van der Waals surface area (Å²) in [6.07, 6.45) is 2.28. The second kappa shape index (κ2) is 13.1. The Morgan fingerprint density at radius 1 is 0.500 bits per heavy atom. The molecular weight excluding hydrogens is 592 g/mol. The monoisotopic (exact) mass is 642 g/mol. The molecule has 0 radical (unpaired) electrons. The zero-order valence-electron chi connectivity index (χ0n) is 29.6. The minimum Gasteiger partial charge on any atom is -0.508 e. The number of phenols is 4. The largest absolute Gasteiger partial charge is 0.508 e. The zero-order valence-corrected chi connectivity index (χ0v) is 29.6. The molecule has 4 N–H and O–H groups in total. The van der Waals surface area contributed by atoms with Gasteiger partial charge in [0.1, 0.15) is 23.0 Å². The molecule has 0 saturated heterocycles. The van der Waals surface area contributed by atoms with Crippen LogP contribution in [0.2, 0.25) is 0 Å². The summed E-state index contributed by atoms with van der Waals surface area (Å²) in [5.41, 5.74) is 9.58. The van der Waals surface area contributed by atoms with E-state index in [1.807, 2.05) is 50.2 Å². The van der Waals surface area contributed by atoms with Gasteiger partial charge in [-0.15, -0.1) is 0 Å². The number of phenolic OH excluding ortho intramolecular Hbond substituents is 4. The maximum Gasteiger partial charge on any atom is 0.119 e. The summed E-state index contributed by atoms with van der Waals surface area (Å²) in [5.74, 6) is 1.14. The van der Waals surface area contributed by atoms with E-state index in [4.69, 9.17) is 0 Å². The highest BCUT2D eigenvalue weighted by atomic mass is 16.3. The highest BCUT2D eigenvalue weighted by Gasteiger charge is 2.34. The maximum atomic E-state index is 11.6. The van der Waals surface area contributed by atoms with Crippen molar-refractivity contribution in [2.75, 3.05) is 0 Å². The number of aryl methyl sites for hydroxylation is 3. The number of hydrogen-bond acceptors (Lipinski definition) is 4. The van der Waals surface area contributed by atoms with Gasteiger partial charge in [-0.05, 0) is 136 Å². The van der Waals surface area contributed by atoms with Gasteiger partial charge in [-0.1, -0.05) is 102 Å². The SMILES string of the molecule is Cc1cc(-c2ccc(CC(C)(C)c3cc(O)c(CCC(C)(C)c4ccc(O)c(C)c4)cc3C(C)(C)c3ccc(O)cc3)cc2)ccc1O. The standard InChI is InChI=1S/C44H50O4/c1-28-23-32(13-19-39(28)46)31-11-9-30(10-12-31)27-43(5,6)37-26-41(48)33(21-22-42(3,4)35-16-20-40(47)29(2)24-35)25-38(37)44(7,8)34-14-17-36(45)18-15-34/h9-20,23-26,45-48H,21-22,27H2,1-8H3. The Kier molecular flexibility index (Phi) is 9.43. The van der Waals surface area contributed by atoms with E-state index in [1.165, 1.54) is 5.56 Å². The van der Waals surface area contributed by atoms with E-state index >= 15 is 0 Å². The third-order valence-electron chi connectivity index (χ3n) is 10.3. The average molecular weight is 643 g/mol. The first-order valence-corrected chi connectivity index (χ1v) is 16.8. The minimum absolute atomic E-state index is 0.166. The fourth-order valence-electron chi connectivity index (χ4n) is 6.87. The third kappa shape index (κ3) is 7.23. The fraction of sp³-hybridized carbons (Fsp3) is 0.318. The molecule has 5 aromatic carbocycles. The summed E-state index contributed by atoms with van der Waals surface area (Å²) in [6.45, 7) is 17.2. The van der Waals surface area contributed by atoms with Gasteiger partial charge in [0.15, 0.2) is 0 Å². The van der Waals surface area contributed by atoms with Crippen LogP contribution in [-0.2, 0) is 29.1 Å². The van der Waals surface area contributed by atoms with Gasteiger partial charge in [-0.3, -0.25) is 0 Å². The summed E-state index contributed by atoms with van der Waals surface area (Å²) < 4.78 is 0. The second-order valence-electron chi connectivity index (χ2n) is 15.3. The van der Waals surface area contributed by atoms with Crippen molar-refractivity contribution in [2.45, 2.75) is 90.9 Å². The molecule has 0 unspecified atom stereocenters. The highest BCUT2D eigenvalue weighted by molar-refractivity contribution is 5.66. The van der Waals surface area contributed by atoms with Gasteiger partial charge >= 0.3 is 0 Å². The predicted molar refractivity (Wildman–Crippen MR) is 198 cm³/mol. The number of hydrogen-bond donors (Lipinski definition) is 4. The molecule has 0 aliphatic carbocycles. The molecule has 0 aliphatic heterocycles. The van der Waals surface area contributed by atoms with Crippen molar-refractivity contribution < 1.29 is 20.4 Å². The van der Waals surface area contributed by atoms with Gasteiger partial charge in [0, 0.05) is 5.41 Å². The van der Waals surface area contributed by atoms with Crippen molar-refractivity contribution in [3.63, 3.8) is 0 Å². The summed E-state index contributed by atoms with van der Waals surface area (Å²) in [7, 11) is 0. The van der Waals surface area contributed by atoms with Gasteiger partial charge in [0.05, 0.1) is 0 Å². The van der Waals surface area contributed by atoms with Crippen molar-refractivity contribution >= 4 is 0 Å². The molecule has 4 nitrogen and oxygen atoms in total. The van der Waals surface area contributed by atoms with Crippen LogP contribution in [-0.4, -0.2) is 20.4 Å². The van der Waals surface area contributed by atoms with E-state index in [9.17, 15) is 20.4 Å². The topological polar surface area (TPSA) is 80.9 Å². The Morgan fingerprint density at radius 3 is 1.67 bits per heavy atom. The van der Waals surface area contributed by atoms with Crippen LogP contribution in [0.4, 0.5) is 0 Å². The molecule has 0 aromatic heterocycles. The summed E-state index contributed by atoms with van der Waals surface area (Å²) in [5, 5.41) is 41.7. The Morgan fingerprint density at radius 2 is 1.06 bits per heavy atom. The molecule has 0 atom stereocenters. The molecule has 5 rings (SSSR count). The normalized spacial score (nSPS) is 12.3. The molecule has 4 heteroatoms. The van der Waals surface area contributed by atoms with E-state index in [0.717, 1.165) is 62.9 Å². The van der Waals surface area contributed by atoms with Crippen molar-refractivity contribution in [1.29, 1.82) is 0 Å². The predicted octanol–water partition coefficient (Wildman–Crippen LogP) is 10.5. The average Bonchev–Trinajstić information content (AvgIpc) is 3.03. The quantitative estimate of drug-likeness (QED) is 0.122. The van der Waals surface area contributed by atoms with Crippen LogP contribution in [0.5, 0.6) is 23.0 Å². The minimum atomic E-state index is -0.410.